The molecule has 192 valence electrons. The maximum Gasteiger partial charge on any atom is 0.270 e. The van der Waals surface area contributed by atoms with Gasteiger partial charge in [0.2, 0.25) is 0 Å². The number of rotatable bonds is 11. The Morgan fingerprint density at radius 1 is 1.03 bits per heavy atom. The van der Waals surface area contributed by atoms with Crippen molar-refractivity contribution in [2.75, 3.05) is 19.6 Å². The van der Waals surface area contributed by atoms with E-state index in [2.05, 4.69) is 27.0 Å². The molecule has 2 aromatic carbocycles. The van der Waals surface area contributed by atoms with E-state index in [1.54, 1.807) is 29.6 Å². The fourth-order valence-corrected chi connectivity index (χ4v) is 5.42. The normalized spacial score (nSPS) is 16.4. The van der Waals surface area contributed by atoms with E-state index in [1.807, 2.05) is 0 Å². The van der Waals surface area contributed by atoms with Crippen molar-refractivity contribution in [2.45, 2.75) is 58.3 Å². The number of nitrogens with zero attached hydrogens (tertiary/aromatic N) is 3. The van der Waals surface area contributed by atoms with E-state index < -0.39 is 0 Å². The van der Waals surface area contributed by atoms with E-state index in [4.69, 9.17) is 0 Å². The zero-order chi connectivity index (χ0) is 25.3. The minimum absolute atomic E-state index is 0.146. The maximum absolute atomic E-state index is 13.4. The maximum atomic E-state index is 13.4. The minimum Gasteiger partial charge on any atom is -0.351 e. The second kappa shape index (κ2) is 13.0. The predicted octanol–water partition coefficient (Wildman–Crippen LogP) is 5.62. The molecule has 4 rings (SSSR count). The molecule has 1 aromatic heterocycles. The third-order valence-electron chi connectivity index (χ3n) is 6.63. The molecule has 1 fully saturated rings. The highest BCUT2D eigenvalue weighted by molar-refractivity contribution is 7.09. The molecule has 0 spiro atoms. The Morgan fingerprint density at radius 2 is 1.67 bits per heavy atom. The number of carbonyl (C=O) groups is 1. The van der Waals surface area contributed by atoms with Crippen LogP contribution in [0, 0.1) is 11.6 Å². The molecule has 8 heteroatoms. The molecular weight excluding hydrogens is 478 g/mol. The van der Waals surface area contributed by atoms with Crippen LogP contribution in [0.2, 0.25) is 0 Å². The highest BCUT2D eigenvalue weighted by Crippen LogP contribution is 2.19. The van der Waals surface area contributed by atoms with Crippen LogP contribution in [-0.2, 0) is 19.6 Å². The van der Waals surface area contributed by atoms with E-state index in [0.29, 0.717) is 37.9 Å². The number of hydrogen-bond acceptors (Lipinski definition) is 5. The molecule has 36 heavy (non-hydrogen) atoms. The van der Waals surface area contributed by atoms with Crippen LogP contribution in [0.15, 0.2) is 53.9 Å². The van der Waals surface area contributed by atoms with Crippen molar-refractivity contribution in [2.24, 2.45) is 0 Å². The van der Waals surface area contributed by atoms with Crippen LogP contribution < -0.4 is 5.32 Å². The lowest BCUT2D eigenvalue weighted by atomic mass is 10.0. The molecule has 0 aliphatic carbocycles. The summed E-state index contributed by atoms with van der Waals surface area (Å²) in [5.74, 6) is -0.692. The standard InChI is InChI=1S/C28H34F2N4OS/c1-21-5-2-3-15-34(21)16-4-14-31-28(35)26-20-36-27(32-26)19-33(17-22-6-10-24(29)11-7-22)18-23-8-12-25(30)13-9-23/h6-13,20-21H,2-5,14-19H2,1H3,(H,31,35). The Balaban J connectivity index is 1.32. The topological polar surface area (TPSA) is 48.5 Å². The molecule has 5 nitrogen and oxygen atoms in total. The van der Waals surface area contributed by atoms with Crippen molar-refractivity contribution in [3.63, 3.8) is 0 Å². The zero-order valence-corrected chi connectivity index (χ0v) is 21.6. The monoisotopic (exact) mass is 512 g/mol. The number of halogens is 2. The lowest BCUT2D eigenvalue weighted by Crippen LogP contribution is -2.39. The van der Waals surface area contributed by atoms with Crippen molar-refractivity contribution < 1.29 is 13.6 Å². The lowest BCUT2D eigenvalue weighted by Gasteiger charge is -2.33. The first-order valence-corrected chi connectivity index (χ1v) is 13.5. The minimum atomic E-state index is -0.273. The van der Waals surface area contributed by atoms with Gasteiger partial charge >= 0.3 is 0 Å². The molecule has 1 saturated heterocycles. The molecule has 1 aliphatic heterocycles. The molecule has 2 heterocycles. The Hall–Kier alpha value is -2.68. The van der Waals surface area contributed by atoms with Crippen LogP contribution in [0.25, 0.3) is 0 Å². The van der Waals surface area contributed by atoms with Gasteiger partial charge < -0.3 is 10.2 Å². The molecule has 3 aromatic rings. The van der Waals surface area contributed by atoms with E-state index in [9.17, 15) is 13.6 Å². The summed E-state index contributed by atoms with van der Waals surface area (Å²) in [5.41, 5.74) is 2.37. The number of likely N-dealkylation sites (tertiary alicyclic amines) is 1. The summed E-state index contributed by atoms with van der Waals surface area (Å²) in [7, 11) is 0. The van der Waals surface area contributed by atoms with Gasteiger partial charge in [-0.1, -0.05) is 30.7 Å². The largest absolute Gasteiger partial charge is 0.351 e. The van der Waals surface area contributed by atoms with Crippen LogP contribution in [0.1, 0.15) is 59.2 Å². The smallest absolute Gasteiger partial charge is 0.270 e. The molecule has 0 bridgehead atoms. The Kier molecular flexibility index (Phi) is 9.55. The van der Waals surface area contributed by atoms with Gasteiger partial charge in [-0.25, -0.2) is 13.8 Å². The summed E-state index contributed by atoms with van der Waals surface area (Å²) >= 11 is 1.45. The van der Waals surface area contributed by atoms with E-state index in [-0.39, 0.29) is 17.5 Å². The summed E-state index contributed by atoms with van der Waals surface area (Å²) in [6.45, 7) is 6.75. The highest BCUT2D eigenvalue weighted by atomic mass is 32.1. The average Bonchev–Trinajstić information content (AvgIpc) is 3.34. The quantitative estimate of drug-likeness (QED) is 0.339. The number of carbonyl (C=O) groups excluding carboxylic acids is 1. The number of amides is 1. The van der Waals surface area contributed by atoms with Gasteiger partial charge in [0.05, 0.1) is 6.54 Å². The fraction of sp³-hybridized carbons (Fsp3) is 0.429. The van der Waals surface area contributed by atoms with Crippen molar-refractivity contribution in [1.29, 1.82) is 0 Å². The van der Waals surface area contributed by atoms with Crippen LogP contribution in [0.4, 0.5) is 8.78 Å². The van der Waals surface area contributed by atoms with Gasteiger partial charge in [-0.2, -0.15) is 0 Å². The van der Waals surface area contributed by atoms with Crippen molar-refractivity contribution in [3.05, 3.63) is 87.4 Å². The third-order valence-corrected chi connectivity index (χ3v) is 7.46. The Bertz CT molecular complexity index is 1060. The van der Waals surface area contributed by atoms with Crippen LogP contribution in [0.5, 0.6) is 0 Å². The summed E-state index contributed by atoms with van der Waals surface area (Å²) in [6, 6.07) is 13.5. The van der Waals surface area contributed by atoms with Gasteiger partial charge in [0, 0.05) is 37.6 Å². The van der Waals surface area contributed by atoms with Crippen LogP contribution >= 0.6 is 11.3 Å². The summed E-state index contributed by atoms with van der Waals surface area (Å²) in [5, 5.41) is 5.63. The SMILES string of the molecule is CC1CCCCN1CCCNC(=O)c1csc(CN(Cc2ccc(F)cc2)Cc2ccc(F)cc2)n1. The van der Waals surface area contributed by atoms with Gasteiger partial charge in [-0.3, -0.25) is 9.69 Å². The molecule has 1 N–H and O–H groups in total. The third kappa shape index (κ3) is 7.91. The number of nitrogens with one attached hydrogen (secondary N) is 1. The van der Waals surface area contributed by atoms with Gasteiger partial charge in [-0.05, 0) is 68.1 Å². The van der Waals surface area contributed by atoms with Gasteiger partial charge in [0.1, 0.15) is 22.3 Å². The molecule has 0 saturated carbocycles. The average molecular weight is 513 g/mol. The summed E-state index contributed by atoms with van der Waals surface area (Å²) in [4.78, 5) is 21.9. The zero-order valence-electron chi connectivity index (χ0n) is 20.8. The van der Waals surface area contributed by atoms with Gasteiger partial charge in [0.25, 0.3) is 5.91 Å². The first-order valence-electron chi connectivity index (χ1n) is 12.6. The van der Waals surface area contributed by atoms with E-state index in [0.717, 1.165) is 35.6 Å². The molecule has 1 atom stereocenters. The molecule has 1 amide bonds. The highest BCUT2D eigenvalue weighted by Gasteiger charge is 2.18. The van der Waals surface area contributed by atoms with E-state index >= 15 is 0 Å². The second-order valence-corrected chi connectivity index (χ2v) is 10.5. The summed E-state index contributed by atoms with van der Waals surface area (Å²) in [6.07, 6.45) is 4.76. The van der Waals surface area contributed by atoms with Crippen molar-refractivity contribution >= 4 is 17.2 Å². The molecule has 0 radical (unpaired) electrons. The van der Waals surface area contributed by atoms with Crippen molar-refractivity contribution in [3.8, 4) is 0 Å². The first-order chi connectivity index (χ1) is 17.5. The first kappa shape index (κ1) is 26.4. The lowest BCUT2D eigenvalue weighted by molar-refractivity contribution is 0.0944. The Morgan fingerprint density at radius 3 is 2.28 bits per heavy atom. The molecule has 1 unspecified atom stereocenters. The van der Waals surface area contributed by atoms with Crippen LogP contribution in [0.3, 0.4) is 0 Å². The van der Waals surface area contributed by atoms with Gasteiger partial charge in [0.15, 0.2) is 0 Å². The van der Waals surface area contributed by atoms with E-state index in [1.165, 1.54) is 54.9 Å². The number of piperidine rings is 1. The molecular formula is C28H34F2N4OS. The summed E-state index contributed by atoms with van der Waals surface area (Å²) < 4.78 is 26.7. The number of benzene rings is 2. The van der Waals surface area contributed by atoms with Crippen molar-refractivity contribution in [1.82, 2.24) is 20.1 Å². The second-order valence-electron chi connectivity index (χ2n) is 9.51. The van der Waals surface area contributed by atoms with Crippen LogP contribution in [-0.4, -0.2) is 46.4 Å². The Labute approximate surface area is 216 Å². The molecule has 1 aliphatic rings. The van der Waals surface area contributed by atoms with Gasteiger partial charge in [-0.15, -0.1) is 11.3 Å². The predicted molar refractivity (Wildman–Crippen MR) is 140 cm³/mol. The fourth-order valence-electron chi connectivity index (χ4n) is 4.61. The number of hydrogen-bond donors (Lipinski definition) is 1. The number of aromatic nitrogens is 1. The number of thiazole rings is 1.